The molecule has 0 saturated carbocycles. The summed E-state index contributed by atoms with van der Waals surface area (Å²) in [7, 11) is 0. The van der Waals surface area contributed by atoms with Gasteiger partial charge >= 0.3 is 6.03 Å². The highest BCUT2D eigenvalue weighted by Crippen LogP contribution is 2.28. The van der Waals surface area contributed by atoms with Crippen LogP contribution in [0, 0.1) is 6.92 Å². The molecule has 3 aromatic rings. The number of carbonyl (C=O) groups excluding carboxylic acids is 2. The molecule has 0 aliphatic carbocycles. The molecule has 1 aromatic heterocycles. The Hall–Kier alpha value is -3.19. The van der Waals surface area contributed by atoms with Crippen LogP contribution >= 0.6 is 11.6 Å². The molecule has 1 fully saturated rings. The van der Waals surface area contributed by atoms with E-state index in [4.69, 9.17) is 16.0 Å². The van der Waals surface area contributed by atoms with Crippen LogP contribution in [0.3, 0.4) is 0 Å². The standard InChI is InChI=1S/C20H17ClN4O3/c1-12-3-9-16(10-4-12)25-13(2)19(26)24(20(25)27)11-17-22-23-18(28-17)14-5-7-15(21)8-6-14/h3-10,13H,11H2,1-2H3/t13-/m0/s1. The third-order valence-corrected chi connectivity index (χ3v) is 4.86. The van der Waals surface area contributed by atoms with Crippen molar-refractivity contribution in [3.8, 4) is 11.5 Å². The number of hydrogen-bond acceptors (Lipinski definition) is 5. The Balaban J connectivity index is 1.55. The van der Waals surface area contributed by atoms with Gasteiger partial charge in [0.1, 0.15) is 12.6 Å². The Labute approximate surface area is 166 Å². The highest BCUT2D eigenvalue weighted by Gasteiger charge is 2.43. The normalized spacial score (nSPS) is 16.9. The molecule has 7 nitrogen and oxygen atoms in total. The molecular weight excluding hydrogens is 380 g/mol. The van der Waals surface area contributed by atoms with Crippen LogP contribution in [0.15, 0.2) is 52.9 Å². The van der Waals surface area contributed by atoms with Crippen molar-refractivity contribution in [1.29, 1.82) is 0 Å². The van der Waals surface area contributed by atoms with E-state index in [9.17, 15) is 9.59 Å². The lowest BCUT2D eigenvalue weighted by atomic mass is 10.2. The van der Waals surface area contributed by atoms with Gasteiger partial charge in [-0.05, 0) is 50.2 Å². The molecule has 2 heterocycles. The monoisotopic (exact) mass is 396 g/mol. The van der Waals surface area contributed by atoms with E-state index in [1.54, 1.807) is 31.2 Å². The van der Waals surface area contributed by atoms with E-state index in [1.807, 2.05) is 31.2 Å². The molecule has 4 rings (SSSR count). The minimum absolute atomic E-state index is 0.0784. The summed E-state index contributed by atoms with van der Waals surface area (Å²) in [6.07, 6.45) is 0. The van der Waals surface area contributed by atoms with Gasteiger partial charge in [0.2, 0.25) is 11.8 Å². The summed E-state index contributed by atoms with van der Waals surface area (Å²) in [6, 6.07) is 13.4. The number of urea groups is 1. The lowest BCUT2D eigenvalue weighted by Gasteiger charge is -2.19. The van der Waals surface area contributed by atoms with Gasteiger partial charge in [-0.15, -0.1) is 10.2 Å². The summed E-state index contributed by atoms with van der Waals surface area (Å²) in [4.78, 5) is 28.1. The van der Waals surface area contributed by atoms with Gasteiger partial charge in [0.25, 0.3) is 5.91 Å². The molecular formula is C20H17ClN4O3. The topological polar surface area (TPSA) is 79.5 Å². The van der Waals surface area contributed by atoms with E-state index in [0.29, 0.717) is 22.2 Å². The van der Waals surface area contributed by atoms with Crippen LogP contribution in [-0.4, -0.2) is 33.1 Å². The van der Waals surface area contributed by atoms with Crippen LogP contribution in [-0.2, 0) is 11.3 Å². The fourth-order valence-corrected chi connectivity index (χ4v) is 3.20. The molecule has 0 unspecified atom stereocenters. The van der Waals surface area contributed by atoms with E-state index in [0.717, 1.165) is 10.5 Å². The maximum atomic E-state index is 12.9. The van der Waals surface area contributed by atoms with Crippen LogP contribution in [0.1, 0.15) is 18.4 Å². The first-order valence-corrected chi connectivity index (χ1v) is 9.11. The molecule has 1 aliphatic rings. The molecule has 1 atom stereocenters. The van der Waals surface area contributed by atoms with Crippen molar-refractivity contribution in [3.63, 3.8) is 0 Å². The molecule has 1 aliphatic heterocycles. The van der Waals surface area contributed by atoms with Crippen LogP contribution in [0.5, 0.6) is 0 Å². The zero-order valence-corrected chi connectivity index (χ0v) is 16.1. The van der Waals surface area contributed by atoms with Crippen LogP contribution in [0.2, 0.25) is 5.02 Å². The second-order valence-corrected chi connectivity index (χ2v) is 7.03. The minimum Gasteiger partial charge on any atom is -0.419 e. The minimum atomic E-state index is -0.603. The summed E-state index contributed by atoms with van der Waals surface area (Å²) in [6.45, 7) is 3.59. The van der Waals surface area contributed by atoms with Crippen LogP contribution in [0.4, 0.5) is 10.5 Å². The van der Waals surface area contributed by atoms with Gasteiger partial charge in [0.05, 0.1) is 0 Å². The summed E-state index contributed by atoms with van der Waals surface area (Å²) in [5.74, 6) is 0.177. The molecule has 0 radical (unpaired) electrons. The molecule has 28 heavy (non-hydrogen) atoms. The summed E-state index contributed by atoms with van der Waals surface area (Å²) >= 11 is 5.88. The second-order valence-electron chi connectivity index (χ2n) is 6.60. The third kappa shape index (κ3) is 3.25. The molecule has 0 N–H and O–H groups in total. The van der Waals surface area contributed by atoms with Crippen molar-refractivity contribution in [2.24, 2.45) is 0 Å². The average Bonchev–Trinajstić information content (AvgIpc) is 3.23. The summed E-state index contributed by atoms with van der Waals surface area (Å²) in [5, 5.41) is 8.56. The average molecular weight is 397 g/mol. The van der Waals surface area contributed by atoms with Crippen LogP contribution in [0.25, 0.3) is 11.5 Å². The van der Waals surface area contributed by atoms with Gasteiger partial charge in [-0.1, -0.05) is 29.3 Å². The zero-order valence-electron chi connectivity index (χ0n) is 15.3. The molecule has 3 amide bonds. The molecule has 142 valence electrons. The second kappa shape index (κ2) is 7.09. The first-order valence-electron chi connectivity index (χ1n) is 8.73. The number of aromatic nitrogens is 2. The number of halogens is 1. The first kappa shape index (κ1) is 18.2. The predicted molar refractivity (Wildman–Crippen MR) is 104 cm³/mol. The maximum Gasteiger partial charge on any atom is 0.332 e. The van der Waals surface area contributed by atoms with Crippen molar-refractivity contribution >= 4 is 29.2 Å². The number of nitrogens with zero attached hydrogens (tertiary/aromatic N) is 4. The van der Waals surface area contributed by atoms with E-state index < -0.39 is 12.1 Å². The Morgan fingerprint density at radius 3 is 2.39 bits per heavy atom. The quantitative estimate of drug-likeness (QED) is 0.621. The lowest BCUT2D eigenvalue weighted by Crippen LogP contribution is -2.33. The van der Waals surface area contributed by atoms with Crippen molar-refractivity contribution in [3.05, 3.63) is 65.0 Å². The Kier molecular flexibility index (Phi) is 4.60. The highest BCUT2D eigenvalue weighted by atomic mass is 35.5. The highest BCUT2D eigenvalue weighted by molar-refractivity contribution is 6.30. The van der Waals surface area contributed by atoms with Crippen LogP contribution < -0.4 is 4.90 Å². The maximum absolute atomic E-state index is 12.9. The zero-order chi connectivity index (χ0) is 19.8. The third-order valence-electron chi connectivity index (χ3n) is 4.61. The lowest BCUT2D eigenvalue weighted by molar-refractivity contribution is -0.127. The molecule has 0 bridgehead atoms. The number of aryl methyl sites for hydroxylation is 1. The molecule has 1 saturated heterocycles. The van der Waals surface area contributed by atoms with E-state index in [1.165, 1.54) is 4.90 Å². The SMILES string of the molecule is Cc1ccc(N2C(=O)N(Cc3nnc(-c4ccc(Cl)cc4)o3)C(=O)[C@@H]2C)cc1. The van der Waals surface area contributed by atoms with Gasteiger partial charge in [0, 0.05) is 16.3 Å². The Morgan fingerprint density at radius 1 is 1.04 bits per heavy atom. The van der Waals surface area contributed by atoms with Gasteiger partial charge < -0.3 is 4.42 Å². The smallest absolute Gasteiger partial charge is 0.332 e. The number of amides is 3. The van der Waals surface area contributed by atoms with Gasteiger partial charge in [-0.25, -0.2) is 4.79 Å². The summed E-state index contributed by atoms with van der Waals surface area (Å²) < 4.78 is 5.63. The van der Waals surface area contributed by atoms with Gasteiger partial charge in [-0.2, -0.15) is 0 Å². The number of benzene rings is 2. The Morgan fingerprint density at radius 2 is 1.71 bits per heavy atom. The Bertz CT molecular complexity index is 1030. The van der Waals surface area contributed by atoms with Crippen molar-refractivity contribution in [1.82, 2.24) is 15.1 Å². The number of imide groups is 1. The van der Waals surface area contributed by atoms with Crippen molar-refractivity contribution < 1.29 is 14.0 Å². The van der Waals surface area contributed by atoms with Gasteiger partial charge in [-0.3, -0.25) is 14.6 Å². The first-order chi connectivity index (χ1) is 13.4. The molecule has 0 spiro atoms. The predicted octanol–water partition coefficient (Wildman–Crippen LogP) is 4.06. The fraction of sp³-hybridized carbons (Fsp3) is 0.200. The largest absolute Gasteiger partial charge is 0.419 e. The van der Waals surface area contributed by atoms with Crippen molar-refractivity contribution in [2.75, 3.05) is 4.90 Å². The molecule has 8 heteroatoms. The summed E-state index contributed by atoms with van der Waals surface area (Å²) in [5.41, 5.74) is 2.45. The van der Waals surface area contributed by atoms with E-state index in [-0.39, 0.29) is 18.3 Å². The number of rotatable bonds is 4. The fourth-order valence-electron chi connectivity index (χ4n) is 3.07. The molecule has 2 aromatic carbocycles. The van der Waals surface area contributed by atoms with Crippen molar-refractivity contribution in [2.45, 2.75) is 26.4 Å². The number of anilines is 1. The van der Waals surface area contributed by atoms with E-state index in [2.05, 4.69) is 10.2 Å². The number of carbonyl (C=O) groups is 2. The van der Waals surface area contributed by atoms with Gasteiger partial charge in [0.15, 0.2) is 0 Å². The number of hydrogen-bond donors (Lipinski definition) is 0. The van der Waals surface area contributed by atoms with E-state index >= 15 is 0 Å².